The van der Waals surface area contributed by atoms with Crippen molar-refractivity contribution in [2.24, 2.45) is 25.6 Å². The first kappa shape index (κ1) is 38.3. The fourth-order valence-corrected chi connectivity index (χ4v) is 5.11. The normalized spacial score (nSPS) is 11.3. The van der Waals surface area contributed by atoms with Crippen molar-refractivity contribution in [2.45, 2.75) is 11.8 Å². The number of benzene rings is 5. The first-order chi connectivity index (χ1) is 24.2. The molecular weight excluding hydrogens is 736 g/mol. The van der Waals surface area contributed by atoms with Crippen LogP contribution in [0.3, 0.4) is 0 Å². The van der Waals surface area contributed by atoms with Gasteiger partial charge >= 0.3 is 18.8 Å². The van der Waals surface area contributed by atoms with Gasteiger partial charge in [-0.3, -0.25) is 14.9 Å². The summed E-state index contributed by atoms with van der Waals surface area (Å²) in [6.07, 6.45) is 0. The van der Waals surface area contributed by atoms with E-state index < -0.39 is 32.2 Å². The van der Waals surface area contributed by atoms with E-state index in [-0.39, 0.29) is 74.8 Å². The minimum Gasteiger partial charge on any atom is -0.871 e. The molecule has 0 spiro atoms. The molecule has 0 aliphatic rings. The summed E-state index contributed by atoms with van der Waals surface area (Å²) in [5.74, 6) is -2.37. The number of rotatable bonds is 8. The number of hydrogen-bond donors (Lipinski definition) is 1. The molecule has 0 atom stereocenters. The van der Waals surface area contributed by atoms with E-state index in [0.717, 1.165) is 22.2 Å². The molecule has 17 nitrogen and oxygen atoms in total. The number of carbonyl (C=O) groups is 1. The number of hydrogen-bond acceptors (Lipinski definition) is 13. The van der Waals surface area contributed by atoms with Gasteiger partial charge in [0.1, 0.15) is 5.69 Å². The number of nitrogens with zero attached hydrogens (tertiary/aromatic N) is 7. The van der Waals surface area contributed by atoms with Gasteiger partial charge in [-0.25, -0.2) is 13.6 Å². The predicted octanol–water partition coefficient (Wildman–Crippen LogP) is 3.95. The van der Waals surface area contributed by atoms with Crippen LogP contribution in [0.1, 0.15) is 17.5 Å². The molecule has 0 fully saturated rings. The van der Waals surface area contributed by atoms with Gasteiger partial charge in [-0.1, -0.05) is 79.1 Å². The van der Waals surface area contributed by atoms with E-state index in [1.54, 1.807) is 24.3 Å². The molecule has 5 aromatic carbocycles. The monoisotopic (exact) mass is 759 g/mol. The number of nitro groups is 1. The molecule has 0 aliphatic heterocycles. The smallest absolute Gasteiger partial charge is 0.871 e. The van der Waals surface area contributed by atoms with Crippen molar-refractivity contribution in [3.05, 3.63) is 135 Å². The van der Waals surface area contributed by atoms with Gasteiger partial charge in [0.2, 0.25) is 10.0 Å². The number of nitro benzene ring substituents is 1. The van der Waals surface area contributed by atoms with Crippen LogP contribution in [-0.4, -0.2) is 24.0 Å². The van der Waals surface area contributed by atoms with Crippen molar-refractivity contribution < 1.29 is 52.2 Å². The van der Waals surface area contributed by atoms with Gasteiger partial charge in [-0.05, 0) is 35.7 Å². The quantitative estimate of drug-likeness (QED) is 0.132. The van der Waals surface area contributed by atoms with Crippen LogP contribution in [0.25, 0.3) is 16.5 Å². The average Bonchev–Trinajstić information content (AvgIpc) is 3.39. The second kappa shape index (κ2) is 16.0. The van der Waals surface area contributed by atoms with E-state index in [2.05, 4.69) is 25.6 Å². The number of carbonyl (C=O) groups excluding carboxylic acids is 1. The standard InChI is InChI=1S/C17H15N5O5S.C16H11N3O4.Cr/c1-10-15(20-19-14-8-3-2-7-13(14)17(24)25)16(23)22(21-10)11-5-4-6-12(9-11)28(18,26)27;20-14-8-5-10-3-1-2-4-12(10)16(14)18-17-13-7-6-11(19(22)23)9-15(13)21;/h2-9H,1H3,(H4,18,19,21,23,24,25,26,27);1-9,20-21H;/q;;+3/p-3. The first-order valence-electron chi connectivity index (χ1n) is 14.4. The Morgan fingerprint density at radius 1 is 0.827 bits per heavy atom. The third-order valence-electron chi connectivity index (χ3n) is 7.04. The van der Waals surface area contributed by atoms with Gasteiger partial charge in [-0.15, -0.1) is 15.9 Å². The summed E-state index contributed by atoms with van der Waals surface area (Å²) in [5.41, 5.74) is -0.785. The maximum Gasteiger partial charge on any atom is 3.00 e. The molecule has 261 valence electrons. The SMILES string of the molecule is Cc1[n-]n(-c2cccc(S(N)(=O)=O)c2)c(=O)c1N=Nc1ccccc1C(=O)[O-].O=[N+]([O-])c1ccc(N=Nc2c([O-])ccc3ccccc23)c([O-])c1.[Cr+3].[H+]. The number of fused-ring (bicyclic) bond motifs is 1. The minimum absolute atomic E-state index is 0. The molecule has 1 radical (unpaired) electrons. The van der Waals surface area contributed by atoms with Crippen LogP contribution < -0.4 is 31.1 Å². The van der Waals surface area contributed by atoms with Gasteiger partial charge in [0.15, 0.2) is 0 Å². The molecule has 0 unspecified atom stereocenters. The molecule has 0 aliphatic carbocycles. The van der Waals surface area contributed by atoms with Gasteiger partial charge in [0.25, 0.3) is 11.2 Å². The Labute approximate surface area is 305 Å². The number of nitrogens with two attached hydrogens (primary N) is 1. The summed E-state index contributed by atoms with van der Waals surface area (Å²) >= 11 is 0. The van der Waals surface area contributed by atoms with Crippen molar-refractivity contribution in [3.63, 3.8) is 0 Å². The number of carboxylic acids is 1. The molecule has 52 heavy (non-hydrogen) atoms. The Balaban J connectivity index is 0.000000280. The van der Waals surface area contributed by atoms with Crippen LogP contribution in [-0.2, 0) is 27.4 Å². The van der Waals surface area contributed by atoms with Crippen LogP contribution in [0.5, 0.6) is 11.5 Å². The Bertz CT molecular complexity index is 2560. The largest absolute Gasteiger partial charge is 3.00 e. The minimum atomic E-state index is -3.96. The number of non-ortho nitro benzene ring substituents is 1. The van der Waals surface area contributed by atoms with Crippen LogP contribution >= 0.6 is 0 Å². The molecule has 19 heteroatoms. The summed E-state index contributed by atoms with van der Waals surface area (Å²) in [6.45, 7) is 1.51. The Hall–Kier alpha value is -6.52. The molecular formula is C33H23CrN8O9S. The van der Waals surface area contributed by atoms with E-state index >= 15 is 0 Å². The van der Waals surface area contributed by atoms with Crippen LogP contribution in [0.4, 0.5) is 28.4 Å². The second-order valence-corrected chi connectivity index (χ2v) is 12.0. The van der Waals surface area contributed by atoms with E-state index in [1.165, 1.54) is 61.5 Å². The molecule has 0 amide bonds. The summed E-state index contributed by atoms with van der Waals surface area (Å²) < 4.78 is 24.0. The number of primary sulfonamides is 1. The molecule has 0 bridgehead atoms. The summed E-state index contributed by atoms with van der Waals surface area (Å²) in [5, 5.41) is 71.4. The molecule has 0 saturated heterocycles. The van der Waals surface area contributed by atoms with Gasteiger partial charge in [0, 0.05) is 28.8 Å². The molecule has 1 heterocycles. The summed E-state index contributed by atoms with van der Waals surface area (Å²) in [4.78, 5) is 33.5. The van der Waals surface area contributed by atoms with Crippen LogP contribution in [0, 0.1) is 17.0 Å². The number of aromatic nitrogens is 2. The third kappa shape index (κ3) is 8.61. The van der Waals surface area contributed by atoms with Crippen molar-refractivity contribution in [3.8, 4) is 17.2 Å². The van der Waals surface area contributed by atoms with Crippen molar-refractivity contribution in [1.29, 1.82) is 0 Å². The molecule has 2 N–H and O–H groups in total. The molecule has 6 rings (SSSR count). The van der Waals surface area contributed by atoms with Crippen molar-refractivity contribution >= 4 is 55.2 Å². The van der Waals surface area contributed by atoms with Crippen LogP contribution in [0.2, 0.25) is 0 Å². The zero-order valence-electron chi connectivity index (χ0n) is 27.5. The number of sulfonamides is 1. The van der Waals surface area contributed by atoms with Crippen molar-refractivity contribution in [2.75, 3.05) is 0 Å². The van der Waals surface area contributed by atoms with E-state index in [4.69, 9.17) is 5.14 Å². The van der Waals surface area contributed by atoms with Gasteiger partial charge < -0.3 is 29.9 Å². The predicted molar refractivity (Wildman–Crippen MR) is 178 cm³/mol. The second-order valence-electron chi connectivity index (χ2n) is 10.4. The van der Waals surface area contributed by atoms with Gasteiger partial charge in [-0.2, -0.15) is 10.2 Å². The van der Waals surface area contributed by atoms with Crippen molar-refractivity contribution in [1.82, 2.24) is 9.78 Å². The van der Waals surface area contributed by atoms with E-state index in [9.17, 15) is 43.4 Å². The number of aryl methyl sites for hydroxylation is 1. The van der Waals surface area contributed by atoms with E-state index in [0.29, 0.717) is 5.39 Å². The third-order valence-corrected chi connectivity index (χ3v) is 7.95. The summed E-state index contributed by atoms with van der Waals surface area (Å²) in [7, 11) is -3.96. The van der Waals surface area contributed by atoms with Gasteiger partial charge in [0.05, 0.1) is 32.9 Å². The average molecular weight is 760 g/mol. The fourth-order valence-electron chi connectivity index (χ4n) is 4.56. The summed E-state index contributed by atoms with van der Waals surface area (Å²) in [6, 6.07) is 24.6. The molecule has 1 aromatic heterocycles. The van der Waals surface area contributed by atoms with E-state index in [1.807, 2.05) is 12.1 Å². The first-order valence-corrected chi connectivity index (χ1v) is 16.0. The van der Waals surface area contributed by atoms with Crippen LogP contribution in [0.15, 0.2) is 133 Å². The molecule has 6 aromatic rings. The maximum atomic E-state index is 12.6. The zero-order valence-corrected chi connectivity index (χ0v) is 28.6. The maximum absolute atomic E-state index is 12.6. The topological polar surface area (TPSA) is 275 Å². The Kier molecular flexibility index (Phi) is 11.8. The number of carboxylic acid groups (broad SMARTS) is 1. The Morgan fingerprint density at radius 3 is 2.19 bits per heavy atom. The molecule has 0 saturated carbocycles. The zero-order chi connectivity index (χ0) is 36.9. The number of azo groups is 2. The Morgan fingerprint density at radius 2 is 1.50 bits per heavy atom. The fraction of sp³-hybridized carbons (Fsp3) is 0.0303. The number of aromatic carboxylic acids is 1.